The Morgan fingerprint density at radius 1 is 1.23 bits per heavy atom. The van der Waals surface area contributed by atoms with Crippen LogP contribution in [0.15, 0.2) is 18.2 Å². The van der Waals surface area contributed by atoms with E-state index in [0.717, 1.165) is 11.0 Å². The Morgan fingerprint density at radius 2 is 1.88 bits per heavy atom. The number of benzene rings is 1. The molecule has 1 spiro atoms. The normalized spacial score (nSPS) is 18.9. The SMILES string of the molecule is CC(=O)Nc1ccc(F)c(C(=O)N2CCC3(CC2)NC(=O)N(C)C3=O)c1. The van der Waals surface area contributed by atoms with Crippen molar-refractivity contribution in [3.63, 3.8) is 0 Å². The summed E-state index contributed by atoms with van der Waals surface area (Å²) in [5.74, 6) is -1.84. The number of anilines is 1. The molecule has 26 heavy (non-hydrogen) atoms. The molecule has 2 heterocycles. The van der Waals surface area contributed by atoms with Crippen molar-refractivity contribution in [2.24, 2.45) is 0 Å². The van der Waals surface area contributed by atoms with Gasteiger partial charge in [0.1, 0.15) is 11.4 Å². The van der Waals surface area contributed by atoms with E-state index in [-0.39, 0.29) is 43.3 Å². The van der Waals surface area contributed by atoms with Crippen LogP contribution in [0.25, 0.3) is 0 Å². The first-order chi connectivity index (χ1) is 12.2. The largest absolute Gasteiger partial charge is 0.338 e. The van der Waals surface area contributed by atoms with Crippen LogP contribution in [-0.2, 0) is 9.59 Å². The van der Waals surface area contributed by atoms with Gasteiger partial charge in [0.15, 0.2) is 0 Å². The van der Waals surface area contributed by atoms with E-state index < -0.39 is 23.3 Å². The van der Waals surface area contributed by atoms with Crippen LogP contribution in [0.1, 0.15) is 30.1 Å². The maximum atomic E-state index is 14.1. The van der Waals surface area contributed by atoms with Gasteiger partial charge in [0, 0.05) is 32.7 Å². The smallest absolute Gasteiger partial charge is 0.324 e. The number of halogens is 1. The minimum Gasteiger partial charge on any atom is -0.338 e. The molecule has 3 rings (SSSR count). The Balaban J connectivity index is 1.74. The first-order valence-electron chi connectivity index (χ1n) is 8.20. The number of likely N-dealkylation sites (N-methyl/N-ethyl adjacent to an activating group) is 1. The lowest BCUT2D eigenvalue weighted by Gasteiger charge is -2.37. The highest BCUT2D eigenvalue weighted by atomic mass is 19.1. The maximum Gasteiger partial charge on any atom is 0.324 e. The van der Waals surface area contributed by atoms with Gasteiger partial charge < -0.3 is 15.5 Å². The van der Waals surface area contributed by atoms with Gasteiger partial charge in [-0.05, 0) is 31.0 Å². The Morgan fingerprint density at radius 3 is 2.42 bits per heavy atom. The van der Waals surface area contributed by atoms with Gasteiger partial charge in [0.25, 0.3) is 11.8 Å². The monoisotopic (exact) mass is 362 g/mol. The molecule has 0 bridgehead atoms. The van der Waals surface area contributed by atoms with E-state index in [2.05, 4.69) is 10.6 Å². The molecule has 138 valence electrons. The molecule has 0 aromatic heterocycles. The van der Waals surface area contributed by atoms with Crippen molar-refractivity contribution in [1.29, 1.82) is 0 Å². The number of rotatable bonds is 2. The number of hydrogen-bond acceptors (Lipinski definition) is 4. The fourth-order valence-corrected chi connectivity index (χ4v) is 3.33. The molecule has 9 heteroatoms. The van der Waals surface area contributed by atoms with Crippen LogP contribution >= 0.6 is 0 Å². The first-order valence-corrected chi connectivity index (χ1v) is 8.20. The third-order valence-corrected chi connectivity index (χ3v) is 4.79. The number of imide groups is 1. The van der Waals surface area contributed by atoms with Crippen LogP contribution in [-0.4, -0.2) is 59.2 Å². The Bertz CT molecular complexity index is 802. The molecule has 0 saturated carbocycles. The second-order valence-corrected chi connectivity index (χ2v) is 6.54. The fourth-order valence-electron chi connectivity index (χ4n) is 3.33. The highest BCUT2D eigenvalue weighted by Gasteiger charge is 2.51. The van der Waals surface area contributed by atoms with E-state index in [9.17, 15) is 23.6 Å². The van der Waals surface area contributed by atoms with Crippen LogP contribution in [0.4, 0.5) is 14.9 Å². The maximum absolute atomic E-state index is 14.1. The minimum atomic E-state index is -0.987. The number of urea groups is 1. The zero-order chi connectivity index (χ0) is 19.1. The molecule has 1 aromatic carbocycles. The van der Waals surface area contributed by atoms with E-state index in [1.54, 1.807) is 0 Å². The van der Waals surface area contributed by atoms with Gasteiger partial charge >= 0.3 is 6.03 Å². The van der Waals surface area contributed by atoms with Crippen molar-refractivity contribution in [2.45, 2.75) is 25.3 Å². The molecular formula is C17H19FN4O4. The molecule has 0 radical (unpaired) electrons. The number of carbonyl (C=O) groups excluding carboxylic acids is 4. The van der Waals surface area contributed by atoms with Crippen molar-refractivity contribution < 1.29 is 23.6 Å². The van der Waals surface area contributed by atoms with E-state index >= 15 is 0 Å². The molecule has 0 aliphatic carbocycles. The molecule has 2 aliphatic rings. The van der Waals surface area contributed by atoms with Gasteiger partial charge in [-0.1, -0.05) is 0 Å². The summed E-state index contributed by atoms with van der Waals surface area (Å²) in [6, 6.07) is 3.34. The highest BCUT2D eigenvalue weighted by Crippen LogP contribution is 2.30. The standard InChI is InChI=1S/C17H19FN4O4/c1-10(23)19-11-3-4-13(18)12(9-11)14(24)22-7-5-17(6-8-22)15(25)21(2)16(26)20-17/h3-4,9H,5-8H2,1-2H3,(H,19,23)(H,20,26). The lowest BCUT2D eigenvalue weighted by molar-refractivity contribution is -0.131. The van der Waals surface area contributed by atoms with E-state index in [0.29, 0.717) is 5.69 Å². The topological polar surface area (TPSA) is 98.8 Å². The molecule has 2 fully saturated rings. The third-order valence-electron chi connectivity index (χ3n) is 4.79. The third kappa shape index (κ3) is 3.00. The lowest BCUT2D eigenvalue weighted by Crippen LogP contribution is -2.55. The number of nitrogens with zero attached hydrogens (tertiary/aromatic N) is 2. The second kappa shape index (κ2) is 6.40. The number of hydrogen-bond donors (Lipinski definition) is 2. The van der Waals surface area contributed by atoms with Crippen LogP contribution in [0.5, 0.6) is 0 Å². The summed E-state index contributed by atoms with van der Waals surface area (Å²) in [5, 5.41) is 5.20. The van der Waals surface area contributed by atoms with Crippen molar-refractivity contribution in [3.05, 3.63) is 29.6 Å². The average molecular weight is 362 g/mol. The zero-order valence-electron chi connectivity index (χ0n) is 14.5. The van der Waals surface area contributed by atoms with Crippen LogP contribution < -0.4 is 10.6 Å². The summed E-state index contributed by atoms with van der Waals surface area (Å²) in [7, 11) is 1.41. The van der Waals surface area contributed by atoms with Gasteiger partial charge in [-0.3, -0.25) is 19.3 Å². The van der Waals surface area contributed by atoms with Crippen LogP contribution in [0.3, 0.4) is 0 Å². The number of amides is 5. The minimum absolute atomic E-state index is 0.147. The Kier molecular flexibility index (Phi) is 4.39. The predicted octanol–water partition coefficient (Wildman–Crippen LogP) is 0.940. The van der Waals surface area contributed by atoms with Gasteiger partial charge in [-0.25, -0.2) is 9.18 Å². The molecule has 0 atom stereocenters. The number of likely N-dealkylation sites (tertiary alicyclic amines) is 1. The zero-order valence-corrected chi connectivity index (χ0v) is 14.5. The molecule has 2 saturated heterocycles. The van der Waals surface area contributed by atoms with Crippen molar-refractivity contribution in [2.75, 3.05) is 25.5 Å². The Hall–Kier alpha value is -2.97. The quantitative estimate of drug-likeness (QED) is 0.765. The summed E-state index contributed by atoms with van der Waals surface area (Å²) in [6.07, 6.45) is 0.529. The number of piperidine rings is 1. The Labute approximate surface area is 149 Å². The average Bonchev–Trinajstić information content (AvgIpc) is 2.80. The fraction of sp³-hybridized carbons (Fsp3) is 0.412. The van der Waals surface area contributed by atoms with E-state index in [4.69, 9.17) is 0 Å². The second-order valence-electron chi connectivity index (χ2n) is 6.54. The molecule has 8 nitrogen and oxygen atoms in total. The summed E-state index contributed by atoms with van der Waals surface area (Å²) in [4.78, 5) is 50.3. The van der Waals surface area contributed by atoms with Crippen molar-refractivity contribution >= 4 is 29.4 Å². The van der Waals surface area contributed by atoms with E-state index in [1.807, 2.05) is 0 Å². The van der Waals surface area contributed by atoms with Gasteiger partial charge in [0.05, 0.1) is 5.56 Å². The predicted molar refractivity (Wildman–Crippen MR) is 89.9 cm³/mol. The van der Waals surface area contributed by atoms with Gasteiger partial charge in [-0.2, -0.15) is 0 Å². The van der Waals surface area contributed by atoms with Crippen LogP contribution in [0.2, 0.25) is 0 Å². The lowest BCUT2D eigenvalue weighted by atomic mass is 9.87. The molecule has 0 unspecified atom stereocenters. The summed E-state index contributed by atoms with van der Waals surface area (Å²) in [6.45, 7) is 1.74. The summed E-state index contributed by atoms with van der Waals surface area (Å²) in [5.41, 5.74) is -0.805. The first kappa shape index (κ1) is 17.8. The summed E-state index contributed by atoms with van der Waals surface area (Å²) >= 11 is 0. The number of carbonyl (C=O) groups is 4. The van der Waals surface area contributed by atoms with E-state index in [1.165, 1.54) is 31.0 Å². The van der Waals surface area contributed by atoms with Crippen molar-refractivity contribution in [3.8, 4) is 0 Å². The molecule has 2 aliphatic heterocycles. The summed E-state index contributed by atoms with van der Waals surface area (Å²) < 4.78 is 14.1. The molecule has 5 amide bonds. The highest BCUT2D eigenvalue weighted by molar-refractivity contribution is 6.07. The van der Waals surface area contributed by atoms with Crippen molar-refractivity contribution in [1.82, 2.24) is 15.1 Å². The molecule has 2 N–H and O–H groups in total. The van der Waals surface area contributed by atoms with Crippen LogP contribution in [0, 0.1) is 5.82 Å². The molecular weight excluding hydrogens is 343 g/mol. The molecule has 1 aromatic rings. The number of nitrogens with one attached hydrogen (secondary N) is 2. The van der Waals surface area contributed by atoms with Gasteiger partial charge in [0.2, 0.25) is 5.91 Å². The van der Waals surface area contributed by atoms with Gasteiger partial charge in [-0.15, -0.1) is 0 Å².